The molecule has 0 bridgehead atoms. The summed E-state index contributed by atoms with van der Waals surface area (Å²) in [6, 6.07) is 4.87. The van der Waals surface area contributed by atoms with E-state index in [0.29, 0.717) is 23.7 Å². The van der Waals surface area contributed by atoms with Crippen LogP contribution in [-0.4, -0.2) is 115 Å². The third-order valence-electron chi connectivity index (χ3n) is 9.20. The molecular formula is C25H34B7N3O5. The molecule has 2 atom stereocenters. The van der Waals surface area contributed by atoms with Gasteiger partial charge in [0.05, 0.1) is 25.2 Å². The van der Waals surface area contributed by atoms with Crippen molar-refractivity contribution in [2.75, 3.05) is 26.3 Å². The Bertz CT molecular complexity index is 1370. The zero-order valence-corrected chi connectivity index (χ0v) is 24.8. The highest BCUT2D eigenvalue weighted by molar-refractivity contribution is 6.60. The van der Waals surface area contributed by atoms with Gasteiger partial charge < -0.3 is 14.4 Å². The second-order valence-electron chi connectivity index (χ2n) is 11.9. The Balaban J connectivity index is 1.46. The Hall–Kier alpha value is -2.78. The van der Waals surface area contributed by atoms with Crippen molar-refractivity contribution in [3.63, 3.8) is 0 Å². The SMILES string of the molecule is Bc1c(B)c(C(B)(B)Oc2cccc3c2CN(C2CCC(=O)NC2=O)C3=O)c(B)c(B)c1C(B)N1CCOCC1. The number of nitrogens with one attached hydrogen (secondary N) is 1. The van der Waals surface area contributed by atoms with Gasteiger partial charge in [0.15, 0.2) is 15.7 Å². The van der Waals surface area contributed by atoms with E-state index in [4.69, 9.17) is 9.47 Å². The van der Waals surface area contributed by atoms with Gasteiger partial charge >= 0.3 is 0 Å². The zero-order chi connectivity index (χ0) is 28.9. The van der Waals surface area contributed by atoms with Crippen LogP contribution >= 0.6 is 0 Å². The molecule has 2 fully saturated rings. The number of rotatable bonds is 6. The lowest BCUT2D eigenvalue weighted by atomic mass is 9.51. The summed E-state index contributed by atoms with van der Waals surface area (Å²) < 4.78 is 12.4. The van der Waals surface area contributed by atoms with E-state index < -0.39 is 17.3 Å². The Kier molecular flexibility index (Phi) is 7.83. The van der Waals surface area contributed by atoms with Crippen molar-refractivity contribution in [3.05, 3.63) is 40.5 Å². The fourth-order valence-electron chi connectivity index (χ4n) is 7.00. The maximum absolute atomic E-state index is 13.3. The van der Waals surface area contributed by atoms with Crippen LogP contribution in [0.15, 0.2) is 18.2 Å². The van der Waals surface area contributed by atoms with Gasteiger partial charge in [0.25, 0.3) is 5.91 Å². The van der Waals surface area contributed by atoms with Crippen molar-refractivity contribution in [2.45, 2.75) is 36.8 Å². The summed E-state index contributed by atoms with van der Waals surface area (Å²) >= 11 is 0. The van der Waals surface area contributed by atoms with Crippen LogP contribution in [0.1, 0.15) is 45.8 Å². The molecule has 40 heavy (non-hydrogen) atoms. The van der Waals surface area contributed by atoms with Gasteiger partial charge in [-0.15, -0.1) is 0 Å². The Morgan fingerprint density at radius 2 is 1.65 bits per heavy atom. The maximum Gasteiger partial charge on any atom is 0.255 e. The Morgan fingerprint density at radius 3 is 2.27 bits per heavy atom. The van der Waals surface area contributed by atoms with Crippen LogP contribution in [0, 0.1) is 0 Å². The molecule has 1 N–H and O–H groups in total. The van der Waals surface area contributed by atoms with Crippen molar-refractivity contribution in [3.8, 4) is 5.75 Å². The second kappa shape index (κ2) is 10.9. The smallest absolute Gasteiger partial charge is 0.255 e. The molecule has 0 aliphatic carbocycles. The van der Waals surface area contributed by atoms with Gasteiger partial charge in [0.2, 0.25) is 11.8 Å². The lowest BCUT2D eigenvalue weighted by Gasteiger charge is -2.38. The number of fused-ring (bicyclic) bond motifs is 1. The number of nitrogens with zero attached hydrogens (tertiary/aromatic N) is 2. The maximum atomic E-state index is 13.3. The highest BCUT2D eigenvalue weighted by Crippen LogP contribution is 2.35. The second-order valence-corrected chi connectivity index (χ2v) is 11.9. The molecule has 3 aliphatic rings. The molecule has 3 heterocycles. The molecule has 3 amide bonds. The van der Waals surface area contributed by atoms with Crippen molar-refractivity contribution in [2.24, 2.45) is 0 Å². The van der Waals surface area contributed by atoms with E-state index in [2.05, 4.69) is 65.1 Å². The highest BCUT2D eigenvalue weighted by Gasteiger charge is 2.41. The average Bonchev–Trinajstić information content (AvgIpc) is 3.25. The van der Waals surface area contributed by atoms with Crippen molar-refractivity contribution >= 4 is 94.5 Å². The van der Waals surface area contributed by atoms with E-state index in [1.165, 1.54) is 27.4 Å². The molecule has 15 heteroatoms. The predicted octanol–water partition coefficient (Wildman–Crippen LogP) is -8.10. The first-order valence-corrected chi connectivity index (χ1v) is 14.3. The summed E-state index contributed by atoms with van der Waals surface area (Å²) in [4.78, 5) is 41.6. The number of benzene rings is 2. The van der Waals surface area contributed by atoms with E-state index in [1.54, 1.807) is 11.0 Å². The van der Waals surface area contributed by atoms with E-state index in [9.17, 15) is 14.4 Å². The quantitative estimate of drug-likeness (QED) is 0.294. The topological polar surface area (TPSA) is 88.2 Å². The van der Waals surface area contributed by atoms with Crippen LogP contribution in [0.25, 0.3) is 0 Å². The third kappa shape index (κ3) is 4.96. The molecule has 3 aliphatic heterocycles. The van der Waals surface area contributed by atoms with Crippen LogP contribution in [0.5, 0.6) is 5.75 Å². The number of piperidine rings is 1. The molecule has 0 radical (unpaired) electrons. The molecule has 0 saturated carbocycles. The monoisotopic (exact) mass is 533 g/mol. The molecule has 2 unspecified atom stereocenters. The minimum atomic E-state index is -0.676. The van der Waals surface area contributed by atoms with Crippen LogP contribution in [0.3, 0.4) is 0 Å². The number of hydrogen-bond acceptors (Lipinski definition) is 6. The summed E-state index contributed by atoms with van der Waals surface area (Å²) in [5.41, 5.74) is 8.87. The van der Waals surface area contributed by atoms with Gasteiger partial charge in [-0.3, -0.25) is 24.6 Å². The predicted molar refractivity (Wildman–Crippen MR) is 175 cm³/mol. The van der Waals surface area contributed by atoms with Gasteiger partial charge in [0.1, 0.15) is 51.0 Å². The molecule has 2 aromatic rings. The van der Waals surface area contributed by atoms with Crippen molar-refractivity contribution in [1.82, 2.24) is 15.1 Å². The standard InChI is InChI=1S/C25H34B7N3O5/c26-18-16(22(30)34-6-8-39-9-7-34)19(27)21(29)17(20(18)28)25(31,32)40-14-3-1-2-11-12(14)10-35(24(11)38)13-4-5-15(36)33-23(13)37/h1-3,13,22H,4-10,26-32H2,(H,33,36,37). The summed E-state index contributed by atoms with van der Waals surface area (Å²) in [7, 11) is 15.2. The largest absolute Gasteiger partial charge is 0.501 e. The van der Waals surface area contributed by atoms with Gasteiger partial charge in [-0.25, -0.2) is 0 Å². The normalized spacial score (nSPS) is 20.8. The molecule has 2 saturated heterocycles. The van der Waals surface area contributed by atoms with E-state index in [0.717, 1.165) is 37.4 Å². The number of carbonyl (C=O) groups excluding carboxylic acids is 3. The Labute approximate surface area is 242 Å². The van der Waals surface area contributed by atoms with Gasteiger partial charge in [0, 0.05) is 36.6 Å². The van der Waals surface area contributed by atoms with E-state index >= 15 is 0 Å². The van der Waals surface area contributed by atoms with Gasteiger partial charge in [-0.2, -0.15) is 0 Å². The lowest BCUT2D eigenvalue weighted by Crippen LogP contribution is -2.56. The van der Waals surface area contributed by atoms with Crippen molar-refractivity contribution < 1.29 is 23.9 Å². The number of hydrogen-bond donors (Lipinski definition) is 1. The number of carbonyl (C=O) groups is 3. The first-order chi connectivity index (χ1) is 18.9. The fourth-order valence-corrected chi connectivity index (χ4v) is 7.00. The molecular weight excluding hydrogens is 498 g/mol. The summed E-state index contributed by atoms with van der Waals surface area (Å²) in [5, 5.41) is 1.70. The minimum absolute atomic E-state index is 0.201. The van der Waals surface area contributed by atoms with Crippen LogP contribution < -0.4 is 31.9 Å². The highest BCUT2D eigenvalue weighted by atomic mass is 16.5. The number of imide groups is 1. The summed E-state index contributed by atoms with van der Waals surface area (Å²) in [6.45, 7) is 3.68. The molecule has 8 nitrogen and oxygen atoms in total. The summed E-state index contributed by atoms with van der Waals surface area (Å²) in [6.07, 6.45) is 0.558. The van der Waals surface area contributed by atoms with Crippen molar-refractivity contribution in [1.29, 1.82) is 0 Å². The summed E-state index contributed by atoms with van der Waals surface area (Å²) in [5.74, 6) is 0.0292. The van der Waals surface area contributed by atoms with Crippen LogP contribution in [0.4, 0.5) is 0 Å². The molecule has 200 valence electrons. The van der Waals surface area contributed by atoms with Crippen LogP contribution in [0.2, 0.25) is 0 Å². The molecule has 0 aromatic heterocycles. The number of morpholine rings is 1. The molecule has 0 spiro atoms. The first kappa shape index (κ1) is 28.7. The van der Waals surface area contributed by atoms with Gasteiger partial charge in [-0.05, 0) is 24.1 Å². The number of ether oxygens (including phenoxy) is 2. The van der Waals surface area contributed by atoms with E-state index in [-0.39, 0.29) is 24.8 Å². The van der Waals surface area contributed by atoms with E-state index in [1.807, 2.05) is 12.1 Å². The number of amides is 3. The first-order valence-electron chi connectivity index (χ1n) is 14.3. The zero-order valence-electron chi connectivity index (χ0n) is 24.8. The van der Waals surface area contributed by atoms with Crippen LogP contribution in [-0.2, 0) is 26.3 Å². The fraction of sp³-hybridized carbons (Fsp3) is 0.400. The molecule has 2 aromatic carbocycles. The third-order valence-corrected chi connectivity index (χ3v) is 9.20. The average molecular weight is 532 g/mol. The minimum Gasteiger partial charge on any atom is -0.501 e. The van der Waals surface area contributed by atoms with Gasteiger partial charge in [-0.1, -0.05) is 33.5 Å². The lowest BCUT2D eigenvalue weighted by molar-refractivity contribution is -0.136. The Morgan fingerprint density at radius 1 is 1.00 bits per heavy atom. The molecule has 5 rings (SSSR count).